The predicted molar refractivity (Wildman–Crippen MR) is 98.9 cm³/mol. The summed E-state index contributed by atoms with van der Waals surface area (Å²) in [5.41, 5.74) is 0. The molecule has 1 saturated carbocycles. The van der Waals surface area contributed by atoms with Crippen molar-refractivity contribution >= 4 is 41.7 Å². The summed E-state index contributed by atoms with van der Waals surface area (Å²) in [4.78, 5) is 4.66. The molecular weight excluding hydrogens is 369 g/mol. The van der Waals surface area contributed by atoms with Crippen molar-refractivity contribution in [1.29, 1.82) is 0 Å². The van der Waals surface area contributed by atoms with Crippen LogP contribution in [0.5, 0.6) is 0 Å². The van der Waals surface area contributed by atoms with Crippen molar-refractivity contribution in [1.82, 2.24) is 10.6 Å². The monoisotopic (exact) mass is 399 g/mol. The minimum absolute atomic E-state index is 0. The summed E-state index contributed by atoms with van der Waals surface area (Å²) in [7, 11) is 0. The Kier molecular flexibility index (Phi) is 11.3. The Hall–Kier alpha value is 0.350. The van der Waals surface area contributed by atoms with Crippen molar-refractivity contribution < 1.29 is 0 Å². The van der Waals surface area contributed by atoms with E-state index in [-0.39, 0.29) is 24.0 Å². The Bertz CT molecular complexity index is 259. The van der Waals surface area contributed by atoms with Gasteiger partial charge in [-0.3, -0.25) is 4.99 Å². The fourth-order valence-electron chi connectivity index (χ4n) is 2.23. The second-order valence-corrected chi connectivity index (χ2v) is 6.59. The van der Waals surface area contributed by atoms with E-state index in [1.165, 1.54) is 19.3 Å². The van der Waals surface area contributed by atoms with E-state index in [0.29, 0.717) is 6.04 Å². The van der Waals surface area contributed by atoms with Gasteiger partial charge in [0.2, 0.25) is 0 Å². The first-order chi connectivity index (χ1) is 8.65. The normalized spacial score (nSPS) is 23.3. The highest BCUT2D eigenvalue weighted by Gasteiger charge is 2.24. The summed E-state index contributed by atoms with van der Waals surface area (Å²) >= 11 is 2.00. The van der Waals surface area contributed by atoms with Gasteiger partial charge in [-0.05, 0) is 44.8 Å². The summed E-state index contributed by atoms with van der Waals surface area (Å²) in [6, 6.07) is 0.610. The van der Waals surface area contributed by atoms with Crippen LogP contribution in [0, 0.1) is 5.92 Å². The van der Waals surface area contributed by atoms with Crippen molar-refractivity contribution in [2.75, 3.05) is 19.3 Å². The van der Waals surface area contributed by atoms with Gasteiger partial charge >= 0.3 is 0 Å². The quantitative estimate of drug-likeness (QED) is 0.408. The Morgan fingerprint density at radius 1 is 1.37 bits per heavy atom. The van der Waals surface area contributed by atoms with Crippen LogP contribution in [0.2, 0.25) is 0 Å². The van der Waals surface area contributed by atoms with E-state index in [0.717, 1.165) is 36.6 Å². The smallest absolute Gasteiger partial charge is 0.191 e. The van der Waals surface area contributed by atoms with Crippen molar-refractivity contribution in [3.8, 4) is 0 Å². The van der Waals surface area contributed by atoms with E-state index in [4.69, 9.17) is 0 Å². The van der Waals surface area contributed by atoms with Gasteiger partial charge in [0.1, 0.15) is 0 Å². The number of nitrogens with one attached hydrogen (secondary N) is 2. The lowest BCUT2D eigenvalue weighted by atomic mass is 10.1. The largest absolute Gasteiger partial charge is 0.357 e. The molecule has 19 heavy (non-hydrogen) atoms. The summed E-state index contributed by atoms with van der Waals surface area (Å²) in [6.07, 6.45) is 7.27. The van der Waals surface area contributed by atoms with Gasteiger partial charge in [0, 0.05) is 24.4 Å². The third-order valence-electron chi connectivity index (χ3n) is 3.38. The maximum Gasteiger partial charge on any atom is 0.191 e. The van der Waals surface area contributed by atoms with Gasteiger partial charge in [0.15, 0.2) is 5.96 Å². The van der Waals surface area contributed by atoms with Crippen molar-refractivity contribution in [2.24, 2.45) is 10.9 Å². The van der Waals surface area contributed by atoms with Gasteiger partial charge in [-0.1, -0.05) is 13.8 Å². The van der Waals surface area contributed by atoms with Gasteiger partial charge in [0.25, 0.3) is 0 Å². The molecule has 0 aliphatic heterocycles. The van der Waals surface area contributed by atoms with Crippen LogP contribution in [0.4, 0.5) is 0 Å². The van der Waals surface area contributed by atoms with E-state index < -0.39 is 0 Å². The average molecular weight is 399 g/mol. The molecule has 0 bridgehead atoms. The fraction of sp³-hybridized carbons (Fsp3) is 0.929. The van der Waals surface area contributed by atoms with Crippen LogP contribution in [0.15, 0.2) is 4.99 Å². The van der Waals surface area contributed by atoms with Crippen LogP contribution >= 0.6 is 35.7 Å². The van der Waals surface area contributed by atoms with E-state index >= 15 is 0 Å². The van der Waals surface area contributed by atoms with Gasteiger partial charge in [-0.25, -0.2) is 0 Å². The third-order valence-corrected chi connectivity index (χ3v) is 4.47. The summed E-state index contributed by atoms with van der Waals surface area (Å²) in [5.74, 6) is 1.73. The second-order valence-electron chi connectivity index (χ2n) is 5.46. The van der Waals surface area contributed by atoms with Gasteiger partial charge in [-0.2, -0.15) is 11.8 Å². The molecule has 0 aromatic heterocycles. The molecule has 1 aliphatic rings. The predicted octanol–water partition coefficient (Wildman–Crippen LogP) is 3.49. The molecule has 0 saturated heterocycles. The van der Waals surface area contributed by atoms with Gasteiger partial charge in [-0.15, -0.1) is 24.0 Å². The van der Waals surface area contributed by atoms with Crippen molar-refractivity contribution in [3.05, 3.63) is 0 Å². The first-order valence-electron chi connectivity index (χ1n) is 7.23. The van der Waals surface area contributed by atoms with Crippen molar-refractivity contribution in [3.63, 3.8) is 0 Å². The second kappa shape index (κ2) is 11.1. The van der Waals surface area contributed by atoms with E-state index in [2.05, 4.69) is 42.7 Å². The van der Waals surface area contributed by atoms with E-state index in [1.54, 1.807) is 0 Å². The Morgan fingerprint density at radius 3 is 2.63 bits per heavy atom. The molecule has 1 rings (SSSR count). The Morgan fingerprint density at radius 2 is 2.11 bits per heavy atom. The molecule has 1 aliphatic carbocycles. The number of rotatable bonds is 6. The molecule has 2 N–H and O–H groups in total. The number of thioether (sulfide) groups is 1. The molecule has 0 aromatic carbocycles. The average Bonchev–Trinajstić information content (AvgIpc) is 2.76. The molecule has 1 fully saturated rings. The first-order valence-corrected chi connectivity index (χ1v) is 8.52. The lowest BCUT2D eigenvalue weighted by Gasteiger charge is -2.17. The Balaban J connectivity index is 0.00000324. The van der Waals surface area contributed by atoms with Crippen molar-refractivity contribution in [2.45, 2.75) is 57.7 Å². The lowest BCUT2D eigenvalue weighted by Crippen LogP contribution is -2.42. The van der Waals surface area contributed by atoms with Crippen LogP contribution in [0.25, 0.3) is 0 Å². The molecule has 2 atom stereocenters. The highest BCUT2D eigenvalue weighted by molar-refractivity contribution is 14.0. The summed E-state index contributed by atoms with van der Waals surface area (Å²) in [6.45, 7) is 8.47. The van der Waals surface area contributed by atoms with Crippen LogP contribution in [0.1, 0.15) is 46.5 Å². The van der Waals surface area contributed by atoms with Crippen LogP contribution in [0.3, 0.4) is 0 Å². The molecule has 5 heteroatoms. The standard InChI is InChI=1S/C14H29N3S.HI/c1-5-15-14(16-9-8-11(2)3)17-12-6-7-13(10-12)18-4;/h11-13H,5-10H2,1-4H3,(H2,15,16,17);1H. The number of aliphatic imine (C=N–C) groups is 1. The molecule has 0 amide bonds. The zero-order chi connectivity index (χ0) is 13.4. The number of hydrogen-bond acceptors (Lipinski definition) is 2. The summed E-state index contributed by atoms with van der Waals surface area (Å²) < 4.78 is 0. The molecule has 2 unspecified atom stereocenters. The first kappa shape index (κ1) is 19.4. The molecule has 3 nitrogen and oxygen atoms in total. The SMILES string of the molecule is CCNC(=NCCC(C)C)NC1CCC(SC)C1.I. The maximum absolute atomic E-state index is 4.66. The maximum atomic E-state index is 4.66. The van der Waals surface area contributed by atoms with Crippen LogP contribution in [-0.2, 0) is 0 Å². The minimum atomic E-state index is 0. The molecule has 114 valence electrons. The number of nitrogens with zero attached hydrogens (tertiary/aromatic N) is 1. The number of guanidine groups is 1. The lowest BCUT2D eigenvalue weighted by molar-refractivity contribution is 0.585. The minimum Gasteiger partial charge on any atom is -0.357 e. The van der Waals surface area contributed by atoms with Crippen LogP contribution < -0.4 is 10.6 Å². The van der Waals surface area contributed by atoms with Gasteiger partial charge < -0.3 is 10.6 Å². The zero-order valence-corrected chi connectivity index (χ0v) is 15.9. The molecule has 0 radical (unpaired) electrons. The number of hydrogen-bond donors (Lipinski definition) is 2. The molecule has 0 aromatic rings. The molecular formula is C14H30IN3S. The van der Waals surface area contributed by atoms with Gasteiger partial charge in [0.05, 0.1) is 0 Å². The topological polar surface area (TPSA) is 36.4 Å². The highest BCUT2D eigenvalue weighted by Crippen LogP contribution is 2.27. The highest BCUT2D eigenvalue weighted by atomic mass is 127. The Labute approximate surface area is 140 Å². The molecule has 0 heterocycles. The fourth-order valence-corrected chi connectivity index (χ4v) is 3.03. The van der Waals surface area contributed by atoms with Crippen LogP contribution in [-0.4, -0.2) is 36.6 Å². The third kappa shape index (κ3) is 8.27. The van der Waals surface area contributed by atoms with E-state index in [1.807, 2.05) is 11.8 Å². The zero-order valence-electron chi connectivity index (χ0n) is 12.7. The van der Waals surface area contributed by atoms with E-state index in [9.17, 15) is 0 Å². The molecule has 0 spiro atoms. The number of halogens is 1. The summed E-state index contributed by atoms with van der Waals surface area (Å²) in [5, 5.41) is 7.76.